The summed E-state index contributed by atoms with van der Waals surface area (Å²) in [5, 5.41) is 4.85. The fourth-order valence-corrected chi connectivity index (χ4v) is 1.67. The predicted octanol–water partition coefficient (Wildman–Crippen LogP) is 2.53. The van der Waals surface area contributed by atoms with Gasteiger partial charge in [0.05, 0.1) is 0 Å². The van der Waals surface area contributed by atoms with Gasteiger partial charge in [0.25, 0.3) is 0 Å². The number of carbonyl (C=O) groups is 1. The number of nitrogens with one attached hydrogen (secondary N) is 1. The fraction of sp³-hybridized carbons (Fsp3) is 0.857. The van der Waals surface area contributed by atoms with Crippen LogP contribution in [0.25, 0.3) is 0 Å². The van der Waals surface area contributed by atoms with Crippen molar-refractivity contribution in [3.63, 3.8) is 0 Å². The first-order valence-electron chi connectivity index (χ1n) is 4.09. The Balaban J connectivity index is 2.95. The molecule has 0 aromatic heterocycles. The topological polar surface area (TPSA) is 55.1 Å². The molecule has 0 atom stereocenters. The summed E-state index contributed by atoms with van der Waals surface area (Å²) in [6, 6.07) is 0. The first-order valence-corrected chi connectivity index (χ1v) is 5.96. The van der Waals surface area contributed by atoms with Gasteiger partial charge in [0.1, 0.15) is 0 Å². The molecule has 0 aliphatic rings. The molecular formula is C7H16N2OS2. The van der Waals surface area contributed by atoms with Gasteiger partial charge in [-0.25, -0.2) is 0 Å². The lowest BCUT2D eigenvalue weighted by molar-refractivity contribution is 0.265. The standard InChI is InChI=1S/C7H16N2OS2/c1-2-3-4-5-6-11-9-7(10)12-8/h2-6,8H2,1H3,(H,9,10). The molecule has 3 nitrogen and oxygen atoms in total. The molecule has 12 heavy (non-hydrogen) atoms. The minimum atomic E-state index is -0.171. The molecule has 0 heterocycles. The monoisotopic (exact) mass is 208 g/mol. The zero-order valence-electron chi connectivity index (χ0n) is 7.34. The third-order valence-electron chi connectivity index (χ3n) is 1.36. The van der Waals surface area contributed by atoms with Gasteiger partial charge in [0, 0.05) is 17.7 Å². The number of carbonyl (C=O) groups excluding carboxylic acids is 1. The van der Waals surface area contributed by atoms with E-state index in [0.717, 1.165) is 24.1 Å². The molecule has 1 amide bonds. The first-order chi connectivity index (χ1) is 5.81. The Hall–Kier alpha value is 0.130. The maximum absolute atomic E-state index is 10.6. The summed E-state index contributed by atoms with van der Waals surface area (Å²) in [7, 11) is 0. The maximum atomic E-state index is 10.6. The van der Waals surface area contributed by atoms with Crippen molar-refractivity contribution in [1.82, 2.24) is 4.72 Å². The zero-order chi connectivity index (χ0) is 9.23. The minimum Gasteiger partial charge on any atom is -0.290 e. The summed E-state index contributed by atoms with van der Waals surface area (Å²) in [4.78, 5) is 10.6. The van der Waals surface area contributed by atoms with E-state index < -0.39 is 0 Å². The summed E-state index contributed by atoms with van der Waals surface area (Å²) in [6.45, 7) is 2.18. The van der Waals surface area contributed by atoms with E-state index in [4.69, 9.17) is 5.14 Å². The van der Waals surface area contributed by atoms with Crippen molar-refractivity contribution in [1.29, 1.82) is 0 Å². The summed E-state index contributed by atoms with van der Waals surface area (Å²) < 4.78 is 2.62. The van der Waals surface area contributed by atoms with Gasteiger partial charge in [-0.3, -0.25) is 14.7 Å². The Morgan fingerprint density at radius 3 is 2.75 bits per heavy atom. The van der Waals surface area contributed by atoms with Crippen LogP contribution in [0.5, 0.6) is 0 Å². The Labute approximate surface area is 82.5 Å². The Kier molecular flexibility index (Phi) is 9.32. The van der Waals surface area contributed by atoms with Gasteiger partial charge in [-0.2, -0.15) is 0 Å². The molecule has 0 aromatic carbocycles. The predicted molar refractivity (Wildman–Crippen MR) is 56.9 cm³/mol. The molecule has 0 aromatic rings. The maximum Gasteiger partial charge on any atom is 0.303 e. The smallest absolute Gasteiger partial charge is 0.290 e. The highest BCUT2D eigenvalue weighted by atomic mass is 32.2. The highest BCUT2D eigenvalue weighted by Gasteiger charge is 1.96. The second-order valence-electron chi connectivity index (χ2n) is 2.42. The van der Waals surface area contributed by atoms with Gasteiger partial charge in [0.15, 0.2) is 0 Å². The van der Waals surface area contributed by atoms with Gasteiger partial charge in [-0.05, 0) is 18.4 Å². The van der Waals surface area contributed by atoms with Crippen LogP contribution >= 0.6 is 23.9 Å². The third-order valence-corrected chi connectivity index (χ3v) is 2.63. The summed E-state index contributed by atoms with van der Waals surface area (Å²) in [5.74, 6) is 0.978. The quantitative estimate of drug-likeness (QED) is 0.520. The van der Waals surface area contributed by atoms with E-state index in [9.17, 15) is 4.79 Å². The number of hydrogen-bond acceptors (Lipinski definition) is 4. The van der Waals surface area contributed by atoms with Crippen LogP contribution in [-0.2, 0) is 0 Å². The van der Waals surface area contributed by atoms with Gasteiger partial charge in [-0.1, -0.05) is 26.2 Å². The average Bonchev–Trinajstić information content (AvgIpc) is 2.10. The molecule has 0 fully saturated rings. The Morgan fingerprint density at radius 2 is 2.17 bits per heavy atom. The van der Waals surface area contributed by atoms with Crippen LogP contribution in [0.4, 0.5) is 4.79 Å². The Bertz CT molecular complexity index is 122. The lowest BCUT2D eigenvalue weighted by Crippen LogP contribution is -2.11. The van der Waals surface area contributed by atoms with Crippen molar-refractivity contribution in [2.75, 3.05) is 5.75 Å². The van der Waals surface area contributed by atoms with E-state index in [1.807, 2.05) is 0 Å². The number of hydrogen-bond donors (Lipinski definition) is 2. The number of rotatable bonds is 6. The summed E-state index contributed by atoms with van der Waals surface area (Å²) >= 11 is 2.16. The van der Waals surface area contributed by atoms with Crippen LogP contribution in [0.1, 0.15) is 32.6 Å². The van der Waals surface area contributed by atoms with Crippen molar-refractivity contribution in [3.8, 4) is 0 Å². The van der Waals surface area contributed by atoms with Crippen LogP contribution in [-0.4, -0.2) is 11.0 Å². The minimum absolute atomic E-state index is 0.171. The lowest BCUT2D eigenvalue weighted by atomic mass is 10.2. The molecule has 0 radical (unpaired) electrons. The molecule has 0 saturated carbocycles. The van der Waals surface area contributed by atoms with Crippen LogP contribution in [0.3, 0.4) is 0 Å². The van der Waals surface area contributed by atoms with Crippen molar-refractivity contribution in [2.45, 2.75) is 32.6 Å². The second-order valence-corrected chi connectivity index (χ2v) is 3.92. The molecule has 5 heteroatoms. The lowest BCUT2D eigenvalue weighted by Gasteiger charge is -2.00. The summed E-state index contributed by atoms with van der Waals surface area (Å²) in [5.41, 5.74) is 0. The van der Waals surface area contributed by atoms with Crippen molar-refractivity contribution >= 4 is 29.1 Å². The third kappa shape index (κ3) is 8.23. The molecule has 0 aliphatic heterocycles. The number of amides is 1. The Morgan fingerprint density at radius 1 is 1.42 bits per heavy atom. The molecule has 0 bridgehead atoms. The number of unbranched alkanes of at least 4 members (excludes halogenated alkanes) is 3. The molecule has 72 valence electrons. The molecular weight excluding hydrogens is 192 g/mol. The van der Waals surface area contributed by atoms with Gasteiger partial charge < -0.3 is 0 Å². The highest BCUT2D eigenvalue weighted by Crippen LogP contribution is 2.05. The van der Waals surface area contributed by atoms with E-state index in [-0.39, 0.29) is 5.24 Å². The van der Waals surface area contributed by atoms with Crippen LogP contribution in [0, 0.1) is 0 Å². The molecule has 3 N–H and O–H groups in total. The van der Waals surface area contributed by atoms with E-state index in [0.29, 0.717) is 0 Å². The molecule has 0 saturated heterocycles. The molecule has 0 spiro atoms. The zero-order valence-corrected chi connectivity index (χ0v) is 8.97. The van der Waals surface area contributed by atoms with Gasteiger partial charge in [-0.15, -0.1) is 0 Å². The van der Waals surface area contributed by atoms with E-state index in [2.05, 4.69) is 11.6 Å². The van der Waals surface area contributed by atoms with Crippen molar-refractivity contribution < 1.29 is 4.79 Å². The highest BCUT2D eigenvalue weighted by molar-refractivity contribution is 8.13. The molecule has 0 aliphatic carbocycles. The van der Waals surface area contributed by atoms with E-state index >= 15 is 0 Å². The van der Waals surface area contributed by atoms with E-state index in [1.54, 1.807) is 0 Å². The molecule has 0 unspecified atom stereocenters. The van der Waals surface area contributed by atoms with E-state index in [1.165, 1.54) is 31.2 Å². The number of nitrogens with two attached hydrogens (primary N) is 1. The van der Waals surface area contributed by atoms with Gasteiger partial charge >= 0.3 is 5.24 Å². The summed E-state index contributed by atoms with van der Waals surface area (Å²) in [6.07, 6.45) is 4.93. The van der Waals surface area contributed by atoms with Gasteiger partial charge in [0.2, 0.25) is 0 Å². The normalized spacial score (nSPS) is 9.83. The van der Waals surface area contributed by atoms with Crippen molar-refractivity contribution in [3.05, 3.63) is 0 Å². The first kappa shape index (κ1) is 12.1. The SMILES string of the molecule is CCCCCCSNC(=O)SN. The van der Waals surface area contributed by atoms with Crippen molar-refractivity contribution in [2.24, 2.45) is 5.14 Å². The van der Waals surface area contributed by atoms with Crippen LogP contribution in [0.2, 0.25) is 0 Å². The second kappa shape index (κ2) is 9.22. The average molecular weight is 208 g/mol. The van der Waals surface area contributed by atoms with Crippen LogP contribution in [0.15, 0.2) is 0 Å². The molecule has 0 rings (SSSR count). The van der Waals surface area contributed by atoms with Crippen LogP contribution < -0.4 is 9.86 Å². The fourth-order valence-electron chi connectivity index (χ4n) is 0.735. The largest absolute Gasteiger partial charge is 0.303 e.